The number of hydrogen-bond donors (Lipinski definition) is 2. The first kappa shape index (κ1) is 16.1. The third kappa shape index (κ3) is 3.87. The standard InChI is InChI=1S/C15H22N4O3/c1-3-13(20)16-11-6-4-9-19(10-11)15(22)17-12-7-5-8-18(2)14(12)21/h5,7-8,11H,3-4,6,9-10H2,1-2H3,(H,16,20)(H,17,22). The molecule has 22 heavy (non-hydrogen) atoms. The lowest BCUT2D eigenvalue weighted by Gasteiger charge is -2.33. The van der Waals surface area contributed by atoms with Crippen LogP contribution in [0.1, 0.15) is 26.2 Å². The molecule has 1 atom stereocenters. The quantitative estimate of drug-likeness (QED) is 0.870. The average molecular weight is 306 g/mol. The Morgan fingerprint density at radius 3 is 2.91 bits per heavy atom. The lowest BCUT2D eigenvalue weighted by molar-refractivity contribution is -0.121. The van der Waals surface area contributed by atoms with Crippen LogP contribution in [0.2, 0.25) is 0 Å². The first-order valence-electron chi connectivity index (χ1n) is 7.52. The molecular weight excluding hydrogens is 284 g/mol. The first-order valence-corrected chi connectivity index (χ1v) is 7.52. The van der Waals surface area contributed by atoms with Crippen LogP contribution >= 0.6 is 0 Å². The highest BCUT2D eigenvalue weighted by Crippen LogP contribution is 2.12. The van der Waals surface area contributed by atoms with Crippen molar-refractivity contribution < 1.29 is 9.59 Å². The Kier molecular flexibility index (Phi) is 5.19. The number of urea groups is 1. The van der Waals surface area contributed by atoms with E-state index in [1.54, 1.807) is 37.2 Å². The highest BCUT2D eigenvalue weighted by atomic mass is 16.2. The van der Waals surface area contributed by atoms with Gasteiger partial charge < -0.3 is 20.1 Å². The fourth-order valence-electron chi connectivity index (χ4n) is 2.50. The minimum absolute atomic E-state index is 0.0100. The molecule has 1 saturated heterocycles. The highest BCUT2D eigenvalue weighted by Gasteiger charge is 2.24. The molecule has 0 radical (unpaired) electrons. The van der Waals surface area contributed by atoms with E-state index in [1.165, 1.54) is 4.57 Å². The molecule has 2 heterocycles. The molecule has 0 spiro atoms. The highest BCUT2D eigenvalue weighted by molar-refractivity contribution is 5.89. The summed E-state index contributed by atoms with van der Waals surface area (Å²) in [6.45, 7) is 2.88. The average Bonchev–Trinajstić information content (AvgIpc) is 2.52. The van der Waals surface area contributed by atoms with Crippen molar-refractivity contribution in [3.63, 3.8) is 0 Å². The molecule has 1 unspecified atom stereocenters. The lowest BCUT2D eigenvalue weighted by Crippen LogP contribution is -2.50. The summed E-state index contributed by atoms with van der Waals surface area (Å²) in [4.78, 5) is 37.3. The number of amides is 3. The molecule has 120 valence electrons. The van der Waals surface area contributed by atoms with Crippen LogP contribution in [0, 0.1) is 0 Å². The van der Waals surface area contributed by atoms with Crippen molar-refractivity contribution in [2.75, 3.05) is 18.4 Å². The van der Waals surface area contributed by atoms with Crippen LogP contribution in [-0.4, -0.2) is 40.5 Å². The predicted molar refractivity (Wildman–Crippen MR) is 83.7 cm³/mol. The molecule has 2 rings (SSSR count). The number of nitrogens with zero attached hydrogens (tertiary/aromatic N) is 2. The number of pyridine rings is 1. The Balaban J connectivity index is 1.98. The summed E-state index contributed by atoms with van der Waals surface area (Å²) < 4.78 is 1.41. The van der Waals surface area contributed by atoms with Crippen LogP contribution < -0.4 is 16.2 Å². The second kappa shape index (κ2) is 7.11. The maximum absolute atomic E-state index is 12.3. The number of aryl methyl sites for hydroxylation is 1. The van der Waals surface area contributed by atoms with Gasteiger partial charge in [0.2, 0.25) is 5.91 Å². The number of carbonyl (C=O) groups is 2. The van der Waals surface area contributed by atoms with Crippen LogP contribution in [0.5, 0.6) is 0 Å². The molecule has 0 aromatic carbocycles. The molecule has 0 bridgehead atoms. The molecule has 1 aliphatic rings. The number of rotatable bonds is 3. The zero-order valence-corrected chi connectivity index (χ0v) is 13.0. The van der Waals surface area contributed by atoms with Crippen LogP contribution in [-0.2, 0) is 11.8 Å². The van der Waals surface area contributed by atoms with Gasteiger partial charge in [-0.05, 0) is 25.0 Å². The van der Waals surface area contributed by atoms with E-state index < -0.39 is 0 Å². The van der Waals surface area contributed by atoms with E-state index in [4.69, 9.17) is 0 Å². The fraction of sp³-hybridized carbons (Fsp3) is 0.533. The summed E-state index contributed by atoms with van der Waals surface area (Å²) >= 11 is 0. The summed E-state index contributed by atoms with van der Waals surface area (Å²) in [5.74, 6) is -0.0100. The maximum Gasteiger partial charge on any atom is 0.322 e. The van der Waals surface area contributed by atoms with E-state index in [1.807, 2.05) is 0 Å². The van der Waals surface area contributed by atoms with E-state index in [-0.39, 0.29) is 29.2 Å². The van der Waals surface area contributed by atoms with Crippen molar-refractivity contribution >= 4 is 17.6 Å². The molecular formula is C15H22N4O3. The number of nitrogens with one attached hydrogen (secondary N) is 2. The Morgan fingerprint density at radius 1 is 1.41 bits per heavy atom. The minimum atomic E-state index is -0.307. The van der Waals surface area contributed by atoms with Gasteiger partial charge in [0, 0.05) is 38.8 Å². The predicted octanol–water partition coefficient (Wildman–Crippen LogP) is 0.908. The second-order valence-electron chi connectivity index (χ2n) is 5.47. The van der Waals surface area contributed by atoms with Gasteiger partial charge >= 0.3 is 6.03 Å². The molecule has 1 aliphatic heterocycles. The van der Waals surface area contributed by atoms with Gasteiger partial charge in [-0.15, -0.1) is 0 Å². The van der Waals surface area contributed by atoms with E-state index in [0.29, 0.717) is 19.5 Å². The van der Waals surface area contributed by atoms with Crippen LogP contribution in [0.4, 0.5) is 10.5 Å². The summed E-state index contributed by atoms with van der Waals surface area (Å²) in [6, 6.07) is 2.96. The molecule has 1 fully saturated rings. The largest absolute Gasteiger partial charge is 0.352 e. The summed E-state index contributed by atoms with van der Waals surface area (Å²) in [5, 5.41) is 5.56. The smallest absolute Gasteiger partial charge is 0.322 e. The molecule has 2 N–H and O–H groups in total. The fourth-order valence-corrected chi connectivity index (χ4v) is 2.50. The van der Waals surface area contributed by atoms with Gasteiger partial charge in [0.05, 0.1) is 0 Å². The van der Waals surface area contributed by atoms with Gasteiger partial charge in [-0.25, -0.2) is 4.79 Å². The molecule has 3 amide bonds. The number of anilines is 1. The molecule has 7 nitrogen and oxygen atoms in total. The first-order chi connectivity index (χ1) is 10.5. The maximum atomic E-state index is 12.3. The van der Waals surface area contributed by atoms with E-state index >= 15 is 0 Å². The Hall–Kier alpha value is -2.31. The van der Waals surface area contributed by atoms with E-state index in [0.717, 1.165) is 12.8 Å². The SMILES string of the molecule is CCC(=O)NC1CCCN(C(=O)Nc2cccn(C)c2=O)C1. The topological polar surface area (TPSA) is 83.4 Å². The number of piperidine rings is 1. The van der Waals surface area contributed by atoms with Crippen LogP contribution in [0.3, 0.4) is 0 Å². The number of likely N-dealkylation sites (tertiary alicyclic amines) is 1. The zero-order valence-electron chi connectivity index (χ0n) is 13.0. The van der Waals surface area contributed by atoms with Crippen molar-refractivity contribution in [2.45, 2.75) is 32.2 Å². The van der Waals surface area contributed by atoms with Crippen LogP contribution in [0.15, 0.2) is 23.1 Å². The van der Waals surface area contributed by atoms with Gasteiger partial charge in [0.25, 0.3) is 5.56 Å². The minimum Gasteiger partial charge on any atom is -0.352 e. The van der Waals surface area contributed by atoms with E-state index in [9.17, 15) is 14.4 Å². The lowest BCUT2D eigenvalue weighted by atomic mass is 10.1. The Morgan fingerprint density at radius 2 is 2.18 bits per heavy atom. The van der Waals surface area contributed by atoms with Crippen LogP contribution in [0.25, 0.3) is 0 Å². The van der Waals surface area contributed by atoms with Crippen molar-refractivity contribution in [3.8, 4) is 0 Å². The van der Waals surface area contributed by atoms with Crippen molar-refractivity contribution in [1.29, 1.82) is 0 Å². The third-order valence-electron chi connectivity index (χ3n) is 3.76. The third-order valence-corrected chi connectivity index (χ3v) is 3.76. The van der Waals surface area contributed by atoms with Crippen molar-refractivity contribution in [3.05, 3.63) is 28.7 Å². The molecule has 0 aliphatic carbocycles. The van der Waals surface area contributed by atoms with Gasteiger partial charge in [0.15, 0.2) is 0 Å². The van der Waals surface area contributed by atoms with Gasteiger partial charge in [-0.2, -0.15) is 0 Å². The molecule has 1 aromatic rings. The number of carbonyl (C=O) groups excluding carboxylic acids is 2. The summed E-state index contributed by atoms with van der Waals surface area (Å²) in [5.41, 5.74) is 0.0124. The summed E-state index contributed by atoms with van der Waals surface area (Å²) in [6.07, 6.45) is 3.76. The zero-order chi connectivity index (χ0) is 16.1. The van der Waals surface area contributed by atoms with Gasteiger partial charge in [-0.1, -0.05) is 6.92 Å². The molecule has 1 aromatic heterocycles. The van der Waals surface area contributed by atoms with Crippen molar-refractivity contribution in [1.82, 2.24) is 14.8 Å². The Labute approximate surface area is 129 Å². The number of aromatic nitrogens is 1. The Bertz CT molecular complexity index is 611. The summed E-state index contributed by atoms with van der Waals surface area (Å²) in [7, 11) is 1.63. The second-order valence-corrected chi connectivity index (χ2v) is 5.47. The van der Waals surface area contributed by atoms with Gasteiger partial charge in [-0.3, -0.25) is 9.59 Å². The van der Waals surface area contributed by atoms with E-state index in [2.05, 4.69) is 10.6 Å². The van der Waals surface area contributed by atoms with Gasteiger partial charge in [0.1, 0.15) is 5.69 Å². The monoisotopic (exact) mass is 306 g/mol. The molecule has 0 saturated carbocycles. The number of hydrogen-bond acceptors (Lipinski definition) is 3. The van der Waals surface area contributed by atoms with Crippen molar-refractivity contribution in [2.24, 2.45) is 7.05 Å². The molecule has 7 heteroatoms. The normalized spacial score (nSPS) is 17.9.